The molecule has 1 saturated carbocycles. The van der Waals surface area contributed by atoms with Crippen LogP contribution in [0.1, 0.15) is 58.1 Å². The Kier molecular flexibility index (Phi) is 4.55. The van der Waals surface area contributed by atoms with Crippen LogP contribution in [0.3, 0.4) is 0 Å². The van der Waals surface area contributed by atoms with Crippen LogP contribution in [0.15, 0.2) is 24.5 Å². The van der Waals surface area contributed by atoms with Crippen molar-refractivity contribution in [1.82, 2.24) is 14.6 Å². The van der Waals surface area contributed by atoms with E-state index in [-0.39, 0.29) is 28.2 Å². The van der Waals surface area contributed by atoms with E-state index in [0.29, 0.717) is 0 Å². The van der Waals surface area contributed by atoms with Gasteiger partial charge in [0.1, 0.15) is 0 Å². The fourth-order valence-electron chi connectivity index (χ4n) is 3.99. The molecule has 5 nitrogen and oxygen atoms in total. The number of amides is 1. The second kappa shape index (κ2) is 6.23. The second-order valence-corrected chi connectivity index (χ2v) is 9.99. The molecule has 132 valence electrons. The Morgan fingerprint density at radius 1 is 1.38 bits per heavy atom. The first-order valence-corrected chi connectivity index (χ1v) is 9.76. The zero-order valence-electron chi connectivity index (χ0n) is 14.9. The number of hydrogen-bond donors (Lipinski definition) is 1. The molecule has 0 radical (unpaired) electrons. The summed E-state index contributed by atoms with van der Waals surface area (Å²) in [5.41, 5.74) is 0.672. The molecule has 3 aliphatic rings. The minimum absolute atomic E-state index is 0.166. The van der Waals surface area contributed by atoms with Crippen LogP contribution in [0.4, 0.5) is 0 Å². The third-order valence-electron chi connectivity index (χ3n) is 5.54. The predicted octanol–water partition coefficient (Wildman–Crippen LogP) is 2.58. The molecule has 1 aliphatic carbocycles. The summed E-state index contributed by atoms with van der Waals surface area (Å²) in [4.78, 5) is 18.8. The van der Waals surface area contributed by atoms with Crippen LogP contribution in [0, 0.1) is 5.92 Å². The standard InChI is InChI=1S/C18H27N3O2S/c1-17(2,3)24(23)20-15(14-6-5-11-19-12-14)18-9-7-13(8-10-18)16(22)21(18)4/h5-6,11-13,15,20H,7-10H2,1-4H3/t13?,15?,18?,24-/m1/s1. The molecule has 3 heterocycles. The quantitative estimate of drug-likeness (QED) is 0.909. The van der Waals surface area contributed by atoms with Crippen LogP contribution >= 0.6 is 0 Å². The van der Waals surface area contributed by atoms with Crippen molar-refractivity contribution in [2.75, 3.05) is 7.05 Å². The van der Waals surface area contributed by atoms with Gasteiger partial charge in [0, 0.05) is 25.4 Å². The zero-order chi connectivity index (χ0) is 17.5. The smallest absolute Gasteiger partial charge is 0.225 e. The van der Waals surface area contributed by atoms with Crippen LogP contribution < -0.4 is 4.72 Å². The highest BCUT2D eigenvalue weighted by atomic mass is 32.2. The first kappa shape index (κ1) is 17.5. The molecule has 0 aromatic carbocycles. The highest BCUT2D eigenvalue weighted by Gasteiger charge is 2.54. The fraction of sp³-hybridized carbons (Fsp3) is 0.667. The van der Waals surface area contributed by atoms with Gasteiger partial charge in [0.25, 0.3) is 0 Å². The summed E-state index contributed by atoms with van der Waals surface area (Å²) in [5, 5.41) is 0. The number of carbonyl (C=O) groups excluding carboxylic acids is 1. The molecule has 1 aromatic heterocycles. The van der Waals surface area contributed by atoms with Crippen LogP contribution in [-0.4, -0.2) is 37.3 Å². The Hall–Kier alpha value is -1.27. The molecule has 6 heteroatoms. The highest BCUT2D eigenvalue weighted by molar-refractivity contribution is 7.84. The summed E-state index contributed by atoms with van der Waals surface area (Å²) in [7, 11) is 0.680. The number of carbonyl (C=O) groups is 1. The van der Waals surface area contributed by atoms with E-state index in [1.165, 1.54) is 0 Å². The van der Waals surface area contributed by atoms with E-state index < -0.39 is 11.0 Å². The van der Waals surface area contributed by atoms with Crippen LogP contribution in [0.5, 0.6) is 0 Å². The summed E-state index contributed by atoms with van der Waals surface area (Å²) in [5.74, 6) is 0.393. The lowest BCUT2D eigenvalue weighted by molar-refractivity contribution is -0.155. The average Bonchev–Trinajstić information content (AvgIpc) is 2.57. The summed E-state index contributed by atoms with van der Waals surface area (Å²) >= 11 is 0. The number of hydrogen-bond acceptors (Lipinski definition) is 3. The van der Waals surface area contributed by atoms with Crippen molar-refractivity contribution >= 4 is 16.9 Å². The lowest BCUT2D eigenvalue weighted by Crippen LogP contribution is -2.65. The summed E-state index contributed by atoms with van der Waals surface area (Å²) in [6, 6.07) is 3.73. The normalized spacial score (nSPS) is 29.6. The van der Waals surface area contributed by atoms with Crippen molar-refractivity contribution in [1.29, 1.82) is 0 Å². The van der Waals surface area contributed by atoms with Crippen LogP contribution in [0.25, 0.3) is 0 Å². The molecule has 4 rings (SSSR count). The molecule has 2 atom stereocenters. The minimum atomic E-state index is -1.22. The van der Waals surface area contributed by atoms with Gasteiger partial charge in [0.05, 0.1) is 27.3 Å². The van der Waals surface area contributed by atoms with Crippen molar-refractivity contribution in [2.45, 2.75) is 62.8 Å². The van der Waals surface area contributed by atoms with Gasteiger partial charge in [-0.1, -0.05) is 6.07 Å². The van der Waals surface area contributed by atoms with E-state index >= 15 is 0 Å². The molecule has 1 unspecified atom stereocenters. The Labute approximate surface area is 146 Å². The number of nitrogens with zero attached hydrogens (tertiary/aromatic N) is 2. The molecule has 2 bridgehead atoms. The van der Waals surface area contributed by atoms with Gasteiger partial charge in [0.2, 0.25) is 5.91 Å². The second-order valence-electron chi connectivity index (χ2n) is 7.99. The van der Waals surface area contributed by atoms with Crippen molar-refractivity contribution in [3.8, 4) is 0 Å². The third kappa shape index (κ3) is 2.90. The van der Waals surface area contributed by atoms with Gasteiger partial charge in [-0.3, -0.25) is 9.78 Å². The summed E-state index contributed by atoms with van der Waals surface area (Å²) < 4.78 is 15.8. The average molecular weight is 350 g/mol. The van der Waals surface area contributed by atoms with Crippen LogP contribution in [0.2, 0.25) is 0 Å². The number of likely N-dealkylation sites (N-methyl/N-ethyl adjacent to an activating group) is 1. The number of piperidine rings is 2. The first-order valence-electron chi connectivity index (χ1n) is 8.61. The topological polar surface area (TPSA) is 62.3 Å². The number of aromatic nitrogens is 1. The summed E-state index contributed by atoms with van der Waals surface area (Å²) in [6.45, 7) is 5.88. The molecule has 3 fully saturated rings. The molecule has 1 amide bonds. The van der Waals surface area contributed by atoms with Crippen molar-refractivity contribution < 1.29 is 9.00 Å². The van der Waals surface area contributed by atoms with Crippen molar-refractivity contribution in [3.63, 3.8) is 0 Å². The molecule has 1 aromatic rings. The monoisotopic (exact) mass is 349 g/mol. The van der Waals surface area contributed by atoms with Gasteiger partial charge in [-0.2, -0.15) is 0 Å². The van der Waals surface area contributed by atoms with E-state index in [0.717, 1.165) is 31.2 Å². The maximum Gasteiger partial charge on any atom is 0.225 e. The van der Waals surface area contributed by atoms with Gasteiger partial charge < -0.3 is 4.90 Å². The van der Waals surface area contributed by atoms with E-state index in [1.807, 2.05) is 51.0 Å². The SMILES string of the molecule is CN1C(=O)C2CCC1(C(N[S@](=O)C(C)(C)C)c1cccnc1)CC2. The maximum atomic E-state index is 12.8. The fourth-order valence-corrected chi connectivity index (χ4v) is 4.92. The van der Waals surface area contributed by atoms with E-state index in [9.17, 15) is 9.00 Å². The number of nitrogens with one attached hydrogen (secondary N) is 1. The van der Waals surface area contributed by atoms with E-state index in [1.54, 1.807) is 6.20 Å². The third-order valence-corrected chi connectivity index (χ3v) is 7.10. The molecule has 2 aliphatic heterocycles. The molecule has 0 spiro atoms. The van der Waals surface area contributed by atoms with Gasteiger partial charge >= 0.3 is 0 Å². The largest absolute Gasteiger partial charge is 0.338 e. The zero-order valence-corrected chi connectivity index (χ0v) is 15.7. The molecule has 2 saturated heterocycles. The molecule has 1 N–H and O–H groups in total. The predicted molar refractivity (Wildman–Crippen MR) is 95.5 cm³/mol. The summed E-state index contributed by atoms with van der Waals surface area (Å²) in [6.07, 6.45) is 7.28. The van der Waals surface area contributed by atoms with E-state index in [2.05, 4.69) is 9.71 Å². The highest BCUT2D eigenvalue weighted by Crippen LogP contribution is 2.49. The Bertz CT molecular complexity index is 633. The maximum absolute atomic E-state index is 12.8. The van der Waals surface area contributed by atoms with Gasteiger partial charge in [0.15, 0.2) is 0 Å². The molecule has 24 heavy (non-hydrogen) atoms. The molecular formula is C18H27N3O2S. The van der Waals surface area contributed by atoms with Crippen molar-refractivity contribution in [3.05, 3.63) is 30.1 Å². The minimum Gasteiger partial charge on any atom is -0.338 e. The first-order chi connectivity index (χ1) is 11.3. The van der Waals surface area contributed by atoms with Gasteiger partial charge in [-0.25, -0.2) is 8.93 Å². The molecular weight excluding hydrogens is 322 g/mol. The Morgan fingerprint density at radius 3 is 2.58 bits per heavy atom. The lowest BCUT2D eigenvalue weighted by atomic mass is 9.66. The van der Waals surface area contributed by atoms with Gasteiger partial charge in [-0.15, -0.1) is 0 Å². The van der Waals surface area contributed by atoms with E-state index in [4.69, 9.17) is 0 Å². The number of rotatable bonds is 4. The lowest BCUT2D eigenvalue weighted by Gasteiger charge is -2.56. The van der Waals surface area contributed by atoms with Crippen molar-refractivity contribution in [2.24, 2.45) is 5.92 Å². The Morgan fingerprint density at radius 2 is 2.04 bits per heavy atom. The van der Waals surface area contributed by atoms with Gasteiger partial charge in [-0.05, 0) is 58.1 Å². The number of pyridine rings is 1. The Balaban J connectivity index is 2.01. The number of fused-ring (bicyclic) bond motifs is 3. The van der Waals surface area contributed by atoms with Crippen LogP contribution in [-0.2, 0) is 15.8 Å².